The van der Waals surface area contributed by atoms with Crippen LogP contribution in [0.4, 0.5) is 0 Å². The summed E-state index contributed by atoms with van der Waals surface area (Å²) >= 11 is 0. The third-order valence-electron chi connectivity index (χ3n) is 0.337. The summed E-state index contributed by atoms with van der Waals surface area (Å²) in [6.07, 6.45) is 0. The Morgan fingerprint density at radius 3 is 3.00 bits per heavy atom. The predicted molar refractivity (Wildman–Crippen MR) is 26.5 cm³/mol. The van der Waals surface area contributed by atoms with Crippen molar-refractivity contribution >= 4 is 14.6 Å². The second kappa shape index (κ2) is 5.85. The van der Waals surface area contributed by atoms with Gasteiger partial charge in [-0.3, -0.25) is 0 Å². The molecule has 0 rings (SSSR count). The van der Waals surface area contributed by atoms with Crippen LogP contribution in [0.2, 0.25) is 6.82 Å². The molecule has 0 saturated heterocycles. The average molecular weight is 99.7 g/mol. The van der Waals surface area contributed by atoms with Crippen molar-refractivity contribution in [3.8, 4) is 0 Å². The van der Waals surface area contributed by atoms with Gasteiger partial charge < -0.3 is 0 Å². The second-order valence-corrected chi connectivity index (χ2v) is 0.858. The standard InChI is InChI=1S/C2H6B2O3/c1-3-7-6-2-4-5/h3H,2H2,1H3. The van der Waals surface area contributed by atoms with Crippen LogP contribution in [0.25, 0.3) is 0 Å². The molecule has 0 aromatic carbocycles. The van der Waals surface area contributed by atoms with E-state index < -0.39 is 0 Å². The van der Waals surface area contributed by atoms with Crippen molar-refractivity contribution in [1.82, 2.24) is 0 Å². The summed E-state index contributed by atoms with van der Waals surface area (Å²) in [6, 6.07) is 0. The van der Waals surface area contributed by atoms with Crippen molar-refractivity contribution in [1.29, 1.82) is 0 Å². The molecule has 0 aliphatic heterocycles. The number of rotatable bonds is 4. The first-order valence-corrected chi connectivity index (χ1v) is 2.10. The first-order valence-electron chi connectivity index (χ1n) is 2.10. The molecular formula is C2H6B2O3. The van der Waals surface area contributed by atoms with Crippen molar-refractivity contribution < 1.29 is 14.4 Å². The zero-order valence-corrected chi connectivity index (χ0v) is 4.22. The van der Waals surface area contributed by atoms with Gasteiger partial charge in [0.05, 0.1) is 0 Å². The average Bonchev–Trinajstić information content (AvgIpc) is 1.69. The molecule has 0 fully saturated rings. The Balaban J connectivity index is 2.56. The van der Waals surface area contributed by atoms with Gasteiger partial charge in [0.2, 0.25) is 0 Å². The quantitative estimate of drug-likeness (QED) is 0.203. The van der Waals surface area contributed by atoms with E-state index in [2.05, 4.69) is 9.69 Å². The summed E-state index contributed by atoms with van der Waals surface area (Å²) in [5.74, 6) is 0. The van der Waals surface area contributed by atoms with E-state index in [1.54, 1.807) is 6.82 Å². The Morgan fingerprint density at radius 1 is 1.86 bits per heavy atom. The Kier molecular flexibility index (Phi) is 5.72. The molecule has 0 unspecified atom stereocenters. The molecule has 3 nitrogen and oxygen atoms in total. The molecule has 38 valence electrons. The summed E-state index contributed by atoms with van der Waals surface area (Å²) in [5, 5.41) is 0. The third kappa shape index (κ3) is 5.85. The van der Waals surface area contributed by atoms with Crippen molar-refractivity contribution in [2.45, 2.75) is 6.82 Å². The van der Waals surface area contributed by atoms with Crippen LogP contribution >= 0.6 is 0 Å². The molecule has 0 aromatic rings. The van der Waals surface area contributed by atoms with Crippen LogP contribution in [-0.4, -0.2) is 21.1 Å². The van der Waals surface area contributed by atoms with E-state index in [-0.39, 0.29) is 6.51 Å². The van der Waals surface area contributed by atoms with E-state index in [0.29, 0.717) is 14.6 Å². The van der Waals surface area contributed by atoms with Gasteiger partial charge in [-0.2, -0.15) is 0 Å². The maximum atomic E-state index is 9.47. The van der Waals surface area contributed by atoms with Crippen LogP contribution in [0.15, 0.2) is 0 Å². The summed E-state index contributed by atoms with van der Waals surface area (Å²) < 4.78 is 9.47. The van der Waals surface area contributed by atoms with Gasteiger partial charge in [0, 0.05) is 0 Å². The van der Waals surface area contributed by atoms with Gasteiger partial charge >= 0.3 is 42.4 Å². The molecule has 0 atom stereocenters. The Morgan fingerprint density at radius 2 is 2.57 bits per heavy atom. The topological polar surface area (TPSA) is 35.5 Å². The maximum absolute atomic E-state index is 9.47. The fourth-order valence-electron chi connectivity index (χ4n) is 0.159. The van der Waals surface area contributed by atoms with E-state index in [0.717, 1.165) is 0 Å². The molecular weight excluding hydrogens is 93.6 g/mol. The first-order chi connectivity index (χ1) is 3.41. The molecule has 0 saturated carbocycles. The summed E-state index contributed by atoms with van der Waals surface area (Å²) in [7, 11) is 1.11. The second-order valence-electron chi connectivity index (χ2n) is 0.858. The summed E-state index contributed by atoms with van der Waals surface area (Å²) in [4.78, 5) is 8.61. The molecule has 0 aromatic heterocycles. The first kappa shape index (κ1) is 6.85. The van der Waals surface area contributed by atoms with Crippen LogP contribution < -0.4 is 0 Å². The molecule has 0 amide bonds. The molecule has 5 heteroatoms. The van der Waals surface area contributed by atoms with E-state index >= 15 is 0 Å². The van der Waals surface area contributed by atoms with E-state index in [1.165, 1.54) is 0 Å². The van der Waals surface area contributed by atoms with Gasteiger partial charge in [-0.25, -0.2) is 0 Å². The summed E-state index contributed by atoms with van der Waals surface area (Å²) in [5.41, 5.74) is 0. The molecule has 0 radical (unpaired) electrons. The molecule has 0 bridgehead atoms. The Bertz CT molecular complexity index is 48.2. The fraction of sp³-hybridized carbons (Fsp3) is 1.00. The van der Waals surface area contributed by atoms with Gasteiger partial charge in [-0.15, -0.1) is 0 Å². The van der Waals surface area contributed by atoms with Crippen LogP contribution in [0.1, 0.15) is 0 Å². The molecule has 7 heavy (non-hydrogen) atoms. The van der Waals surface area contributed by atoms with Crippen molar-refractivity contribution in [2.75, 3.05) is 6.51 Å². The molecule has 0 aliphatic carbocycles. The Labute approximate surface area is 43.4 Å². The van der Waals surface area contributed by atoms with Crippen LogP contribution in [-0.2, 0) is 14.4 Å². The minimum absolute atomic E-state index is 0.0217. The number of hydrogen-bond donors (Lipinski definition) is 0. The molecule has 0 spiro atoms. The SMILES string of the molecule is CBOOCB=O. The third-order valence-corrected chi connectivity index (χ3v) is 0.337. The molecule has 0 N–H and O–H groups in total. The fourth-order valence-corrected chi connectivity index (χ4v) is 0.159. The predicted octanol–water partition coefficient (Wildman–Crippen LogP) is -0.659. The summed E-state index contributed by atoms with van der Waals surface area (Å²) in [6.45, 7) is 1.80. The molecule has 0 aliphatic rings. The van der Waals surface area contributed by atoms with Gasteiger partial charge in [0.25, 0.3) is 0 Å². The zero-order chi connectivity index (χ0) is 5.54. The van der Waals surface area contributed by atoms with E-state index in [4.69, 9.17) is 0 Å². The van der Waals surface area contributed by atoms with Gasteiger partial charge in [0.1, 0.15) is 0 Å². The van der Waals surface area contributed by atoms with Crippen molar-refractivity contribution in [2.24, 2.45) is 0 Å². The van der Waals surface area contributed by atoms with Crippen LogP contribution in [0, 0.1) is 0 Å². The van der Waals surface area contributed by atoms with Gasteiger partial charge in [-0.1, -0.05) is 0 Å². The normalized spacial score (nSPS) is 7.57. The Hall–Kier alpha value is -0.150. The monoisotopic (exact) mass is 100 g/mol. The van der Waals surface area contributed by atoms with Crippen LogP contribution in [0.5, 0.6) is 0 Å². The van der Waals surface area contributed by atoms with Crippen molar-refractivity contribution in [3.05, 3.63) is 0 Å². The van der Waals surface area contributed by atoms with Crippen molar-refractivity contribution in [3.63, 3.8) is 0 Å². The van der Waals surface area contributed by atoms with E-state index in [1.807, 2.05) is 0 Å². The van der Waals surface area contributed by atoms with Crippen LogP contribution in [0.3, 0.4) is 0 Å². The minimum atomic E-state index is 0.0217. The number of hydrogen-bond acceptors (Lipinski definition) is 3. The molecule has 0 heterocycles. The zero-order valence-electron chi connectivity index (χ0n) is 4.22. The van der Waals surface area contributed by atoms with Gasteiger partial charge in [-0.05, 0) is 0 Å². The van der Waals surface area contributed by atoms with Gasteiger partial charge in [0.15, 0.2) is 0 Å². The van der Waals surface area contributed by atoms with E-state index in [9.17, 15) is 4.70 Å².